The summed E-state index contributed by atoms with van der Waals surface area (Å²) in [4.78, 5) is 19.9. The molecule has 2 aromatic rings. The second-order valence-electron chi connectivity index (χ2n) is 5.68. The predicted octanol–water partition coefficient (Wildman–Crippen LogP) is 5.18. The smallest absolute Gasteiger partial charge is 0.422 e. The summed E-state index contributed by atoms with van der Waals surface area (Å²) < 4.78 is 88.1. The first-order chi connectivity index (χ1) is 14.2. The fraction of sp³-hybridized carbons (Fsp3) is 0.250. The number of hydrogen-bond donors (Lipinski definition) is 0. The quantitative estimate of drug-likeness (QED) is 0.306. The Morgan fingerprint density at radius 1 is 0.710 bits per heavy atom. The van der Waals surface area contributed by atoms with Gasteiger partial charge in [-0.05, 0) is 12.1 Å². The van der Waals surface area contributed by atoms with E-state index < -0.39 is 58.3 Å². The third-order valence-corrected chi connectivity index (χ3v) is 3.27. The Balaban J connectivity index is 2.32. The molecule has 0 aromatic heterocycles. The lowest BCUT2D eigenvalue weighted by Crippen LogP contribution is -2.19. The van der Waals surface area contributed by atoms with Crippen LogP contribution in [-0.2, 0) is 0 Å². The maximum absolute atomic E-state index is 12.4. The fourth-order valence-electron chi connectivity index (χ4n) is 2.10. The lowest BCUT2D eigenvalue weighted by Gasteiger charge is -2.13. The van der Waals surface area contributed by atoms with Crippen molar-refractivity contribution >= 4 is 11.4 Å². The van der Waals surface area contributed by atoms with E-state index in [2.05, 4.69) is 9.47 Å². The van der Waals surface area contributed by atoms with Gasteiger partial charge >= 0.3 is 23.7 Å². The van der Waals surface area contributed by atoms with Crippen LogP contribution in [0.3, 0.4) is 0 Å². The molecule has 0 bridgehead atoms. The van der Waals surface area contributed by atoms with Crippen LogP contribution in [0.1, 0.15) is 0 Å². The van der Waals surface area contributed by atoms with Crippen LogP contribution in [0.25, 0.3) is 0 Å². The van der Waals surface area contributed by atoms with E-state index in [1.165, 1.54) is 0 Å². The van der Waals surface area contributed by atoms with Crippen LogP contribution in [0.15, 0.2) is 36.4 Å². The minimum Gasteiger partial charge on any atom is -0.477 e. The first-order valence-corrected chi connectivity index (χ1v) is 7.89. The number of alkyl halides is 6. The molecular weight excluding hydrogens is 446 g/mol. The van der Waals surface area contributed by atoms with Gasteiger partial charge in [-0.15, -0.1) is 0 Å². The topological polar surface area (TPSA) is 114 Å². The van der Waals surface area contributed by atoms with Gasteiger partial charge in [0.15, 0.2) is 13.2 Å². The third-order valence-electron chi connectivity index (χ3n) is 3.27. The molecule has 2 aromatic carbocycles. The van der Waals surface area contributed by atoms with Gasteiger partial charge in [-0.2, -0.15) is 26.3 Å². The van der Waals surface area contributed by atoms with Crippen LogP contribution in [0.2, 0.25) is 0 Å². The van der Waals surface area contributed by atoms with Crippen molar-refractivity contribution in [3.05, 3.63) is 56.6 Å². The molecule has 0 heterocycles. The zero-order valence-electron chi connectivity index (χ0n) is 14.9. The van der Waals surface area contributed by atoms with Crippen molar-refractivity contribution in [1.29, 1.82) is 0 Å². The minimum atomic E-state index is -4.78. The summed E-state index contributed by atoms with van der Waals surface area (Å²) >= 11 is 0. The van der Waals surface area contributed by atoms with Crippen LogP contribution in [0.4, 0.5) is 37.7 Å². The highest BCUT2D eigenvalue weighted by Gasteiger charge is 2.31. The molecule has 0 aliphatic carbocycles. The van der Waals surface area contributed by atoms with Gasteiger partial charge in [-0.3, -0.25) is 20.2 Å². The summed E-state index contributed by atoms with van der Waals surface area (Å²) in [7, 11) is 0. The average Bonchev–Trinajstić information content (AvgIpc) is 2.63. The van der Waals surface area contributed by atoms with Gasteiger partial charge < -0.3 is 14.2 Å². The van der Waals surface area contributed by atoms with Crippen LogP contribution >= 0.6 is 0 Å². The highest BCUT2D eigenvalue weighted by atomic mass is 19.4. The first kappa shape index (κ1) is 23.5. The molecule has 0 saturated heterocycles. The SMILES string of the molecule is O=[N+]([O-])c1ccc(Oc2ccc([N+](=O)[O-])c(OCC(F)(F)F)c2)cc1OCC(F)(F)F. The summed E-state index contributed by atoms with van der Waals surface area (Å²) in [6.07, 6.45) is -9.57. The highest BCUT2D eigenvalue weighted by Crippen LogP contribution is 2.37. The molecule has 168 valence electrons. The van der Waals surface area contributed by atoms with Gasteiger partial charge in [-0.1, -0.05) is 0 Å². The number of ether oxygens (including phenoxy) is 3. The number of benzene rings is 2. The Labute approximate surface area is 168 Å². The van der Waals surface area contributed by atoms with Gasteiger partial charge in [-0.25, -0.2) is 0 Å². The summed E-state index contributed by atoms with van der Waals surface area (Å²) in [5.74, 6) is -2.15. The molecule has 0 fully saturated rings. The second-order valence-corrected chi connectivity index (χ2v) is 5.68. The molecule has 9 nitrogen and oxygen atoms in total. The van der Waals surface area contributed by atoms with E-state index >= 15 is 0 Å². The zero-order chi connectivity index (χ0) is 23.4. The van der Waals surface area contributed by atoms with E-state index in [1.807, 2.05) is 0 Å². The Kier molecular flexibility index (Phi) is 6.77. The van der Waals surface area contributed by atoms with Gasteiger partial charge in [0.05, 0.1) is 9.85 Å². The molecule has 0 radical (unpaired) electrons. The molecule has 0 amide bonds. The zero-order valence-corrected chi connectivity index (χ0v) is 14.9. The molecule has 0 spiro atoms. The number of nitro groups is 2. The van der Waals surface area contributed by atoms with E-state index in [0.717, 1.165) is 36.4 Å². The van der Waals surface area contributed by atoms with Gasteiger partial charge in [0.2, 0.25) is 11.5 Å². The van der Waals surface area contributed by atoms with Crippen LogP contribution in [0.5, 0.6) is 23.0 Å². The van der Waals surface area contributed by atoms with E-state index in [4.69, 9.17) is 4.74 Å². The second kappa shape index (κ2) is 8.93. The number of halogens is 6. The molecule has 15 heteroatoms. The highest BCUT2D eigenvalue weighted by molar-refractivity contribution is 5.54. The monoisotopic (exact) mass is 456 g/mol. The van der Waals surface area contributed by atoms with Crippen molar-refractivity contribution in [3.8, 4) is 23.0 Å². The van der Waals surface area contributed by atoms with Crippen molar-refractivity contribution in [2.75, 3.05) is 13.2 Å². The maximum atomic E-state index is 12.4. The Morgan fingerprint density at radius 3 is 1.35 bits per heavy atom. The lowest BCUT2D eigenvalue weighted by atomic mass is 10.2. The Morgan fingerprint density at radius 2 is 1.06 bits per heavy atom. The molecule has 0 saturated carbocycles. The normalized spacial score (nSPS) is 11.7. The third kappa shape index (κ3) is 7.20. The lowest BCUT2D eigenvalue weighted by molar-refractivity contribution is -0.386. The van der Waals surface area contributed by atoms with Crippen LogP contribution < -0.4 is 14.2 Å². The molecule has 0 aliphatic rings. The summed E-state index contributed by atoms with van der Waals surface area (Å²) in [5, 5.41) is 21.9. The van der Waals surface area contributed by atoms with Gasteiger partial charge in [0, 0.05) is 24.3 Å². The van der Waals surface area contributed by atoms with Crippen LogP contribution in [-0.4, -0.2) is 35.4 Å². The van der Waals surface area contributed by atoms with Crippen molar-refractivity contribution in [2.45, 2.75) is 12.4 Å². The van der Waals surface area contributed by atoms with E-state index in [1.54, 1.807) is 0 Å². The summed E-state index contributed by atoms with van der Waals surface area (Å²) in [6, 6.07) is 5.04. The molecular formula is C16H10F6N2O7. The Bertz CT molecular complexity index is 900. The number of rotatable bonds is 8. The van der Waals surface area contributed by atoms with Crippen molar-refractivity contribution < 1.29 is 50.4 Å². The molecule has 0 N–H and O–H groups in total. The average molecular weight is 456 g/mol. The van der Waals surface area contributed by atoms with Gasteiger partial charge in [0.1, 0.15) is 11.5 Å². The van der Waals surface area contributed by atoms with Crippen molar-refractivity contribution in [1.82, 2.24) is 0 Å². The number of nitro benzene ring substituents is 2. The van der Waals surface area contributed by atoms with E-state index in [-0.39, 0.29) is 11.5 Å². The molecule has 0 unspecified atom stereocenters. The summed E-state index contributed by atoms with van der Waals surface area (Å²) in [6.45, 7) is -3.66. The molecule has 2 rings (SSSR count). The molecule has 0 atom stereocenters. The molecule has 0 aliphatic heterocycles. The van der Waals surface area contributed by atoms with Crippen LogP contribution in [0, 0.1) is 20.2 Å². The number of nitrogens with zero attached hydrogens (tertiary/aromatic N) is 2. The number of hydrogen-bond acceptors (Lipinski definition) is 7. The van der Waals surface area contributed by atoms with Crippen molar-refractivity contribution in [3.63, 3.8) is 0 Å². The predicted molar refractivity (Wildman–Crippen MR) is 89.4 cm³/mol. The largest absolute Gasteiger partial charge is 0.477 e. The standard InChI is InChI=1S/C16H10F6N2O7/c17-15(18,19)7-29-13-5-9(1-3-11(13)23(25)26)31-10-2-4-12(24(27)28)14(6-10)30-8-16(20,21)22/h1-6H,7-8H2. The Hall–Kier alpha value is -3.78. The first-order valence-electron chi connectivity index (χ1n) is 7.89. The van der Waals surface area contributed by atoms with Gasteiger partial charge in [0.25, 0.3) is 0 Å². The summed E-state index contributed by atoms with van der Waals surface area (Å²) in [5.41, 5.74) is -1.59. The maximum Gasteiger partial charge on any atom is 0.422 e. The van der Waals surface area contributed by atoms with E-state index in [9.17, 15) is 46.6 Å². The molecule has 31 heavy (non-hydrogen) atoms. The fourth-order valence-corrected chi connectivity index (χ4v) is 2.10. The van der Waals surface area contributed by atoms with E-state index in [0.29, 0.717) is 0 Å². The minimum absolute atomic E-state index is 0.293. The van der Waals surface area contributed by atoms with Crippen molar-refractivity contribution in [2.24, 2.45) is 0 Å².